The smallest absolute Gasteiger partial charge is 0.214 e. The Kier molecular flexibility index (Phi) is 1.92. The van der Waals surface area contributed by atoms with E-state index in [1.165, 1.54) is 0 Å². The van der Waals surface area contributed by atoms with E-state index in [4.69, 9.17) is 0 Å². The predicted molar refractivity (Wildman–Crippen MR) is 79.4 cm³/mol. The van der Waals surface area contributed by atoms with Crippen LogP contribution in [0.1, 0.15) is 16.1 Å². The molecule has 2 aromatic carbocycles. The summed E-state index contributed by atoms with van der Waals surface area (Å²) in [6.45, 7) is 0. The fourth-order valence-corrected chi connectivity index (χ4v) is 3.21. The van der Waals surface area contributed by atoms with Gasteiger partial charge in [-0.3, -0.25) is 4.79 Å². The molecule has 0 unspecified atom stereocenters. The molecule has 0 atom stereocenters. The molecule has 0 bridgehead atoms. The van der Waals surface area contributed by atoms with Gasteiger partial charge >= 0.3 is 0 Å². The Morgan fingerprint density at radius 2 is 1.38 bits per heavy atom. The zero-order valence-electron chi connectivity index (χ0n) is 10.6. The lowest BCUT2D eigenvalue weighted by atomic mass is 10.1. The summed E-state index contributed by atoms with van der Waals surface area (Å²) in [6.07, 6.45) is 0. The monoisotopic (exact) mass is 290 g/mol. The van der Waals surface area contributed by atoms with Crippen LogP contribution in [0, 0.1) is 0 Å². The lowest BCUT2D eigenvalue weighted by Gasteiger charge is -2.01. The number of rotatable bonds is 0. The molecular weight excluding hydrogens is 284 g/mol. The molecule has 0 N–H and O–H groups in total. The molecule has 1 aliphatic rings. The number of benzene rings is 2. The molecule has 0 aliphatic heterocycles. The van der Waals surface area contributed by atoms with E-state index in [1.807, 2.05) is 36.4 Å². The average Bonchev–Trinajstić information content (AvgIpc) is 3.07. The summed E-state index contributed by atoms with van der Waals surface area (Å²) in [5, 5.41) is 0. The van der Waals surface area contributed by atoms with E-state index in [9.17, 15) is 4.79 Å². The molecule has 0 fully saturated rings. The first-order valence-electron chi connectivity index (χ1n) is 6.39. The van der Waals surface area contributed by atoms with Gasteiger partial charge in [0.15, 0.2) is 0 Å². The lowest BCUT2D eigenvalue weighted by molar-refractivity contribution is 0.103. The van der Waals surface area contributed by atoms with Gasteiger partial charge < -0.3 is 0 Å². The van der Waals surface area contributed by atoms with Gasteiger partial charge in [0.05, 0.1) is 22.8 Å². The Bertz CT molecular complexity index is 1070. The summed E-state index contributed by atoms with van der Waals surface area (Å²) < 4.78 is 8.42. The molecule has 0 saturated heterocycles. The van der Waals surface area contributed by atoms with E-state index in [0.29, 0.717) is 22.5 Å². The SMILES string of the molecule is O=C1c2ccccc2-c2nc3cc4nsnc4cc3nc21. The van der Waals surface area contributed by atoms with Gasteiger partial charge in [-0.15, -0.1) is 0 Å². The Hall–Kier alpha value is -2.73. The quantitative estimate of drug-likeness (QED) is 0.438. The highest BCUT2D eigenvalue weighted by Gasteiger charge is 2.29. The molecular formula is C15H6N4OS. The second kappa shape index (κ2) is 3.67. The first-order valence-corrected chi connectivity index (χ1v) is 7.12. The largest absolute Gasteiger partial charge is 0.287 e. The summed E-state index contributed by atoms with van der Waals surface area (Å²) in [5.74, 6) is -0.0634. The second-order valence-electron chi connectivity index (χ2n) is 4.89. The highest BCUT2D eigenvalue weighted by atomic mass is 32.1. The number of nitrogens with zero attached hydrogens (tertiary/aromatic N) is 4. The van der Waals surface area contributed by atoms with Crippen LogP contribution in [0.2, 0.25) is 0 Å². The normalized spacial score (nSPS) is 12.9. The highest BCUT2D eigenvalue weighted by molar-refractivity contribution is 7.00. The molecule has 2 heterocycles. The number of hydrogen-bond acceptors (Lipinski definition) is 6. The summed E-state index contributed by atoms with van der Waals surface area (Å²) >= 11 is 1.16. The standard InChI is InChI=1S/C15H6N4OS/c20-15-8-4-2-1-3-7(8)13-14(15)17-10-6-12-11(18-21-19-12)5-9(10)16-13/h1-6H. The number of fused-ring (bicyclic) bond motifs is 5. The maximum atomic E-state index is 12.4. The van der Waals surface area contributed by atoms with Crippen molar-refractivity contribution in [1.82, 2.24) is 18.7 Å². The molecule has 0 amide bonds. The Labute approximate surface area is 122 Å². The van der Waals surface area contributed by atoms with Crippen LogP contribution in [0.5, 0.6) is 0 Å². The van der Waals surface area contributed by atoms with Gasteiger partial charge in [0, 0.05) is 11.1 Å². The maximum Gasteiger partial charge on any atom is 0.214 e. The molecule has 0 radical (unpaired) electrons. The number of aromatic nitrogens is 4. The van der Waals surface area contributed by atoms with Crippen molar-refractivity contribution < 1.29 is 4.79 Å². The molecule has 5 nitrogen and oxygen atoms in total. The molecule has 2 aromatic heterocycles. The molecule has 0 saturated carbocycles. The van der Waals surface area contributed by atoms with Crippen molar-refractivity contribution in [2.75, 3.05) is 0 Å². The van der Waals surface area contributed by atoms with Crippen molar-refractivity contribution in [3.63, 3.8) is 0 Å². The van der Waals surface area contributed by atoms with Gasteiger partial charge in [0.1, 0.15) is 22.4 Å². The minimum Gasteiger partial charge on any atom is -0.287 e. The predicted octanol–water partition coefficient (Wildman–Crippen LogP) is 2.85. The molecule has 6 heteroatoms. The fraction of sp³-hybridized carbons (Fsp3) is 0. The summed E-state index contributed by atoms with van der Waals surface area (Å²) in [6, 6.07) is 11.2. The van der Waals surface area contributed by atoms with Crippen LogP contribution < -0.4 is 0 Å². The van der Waals surface area contributed by atoms with E-state index in [1.54, 1.807) is 0 Å². The Morgan fingerprint density at radius 1 is 0.762 bits per heavy atom. The molecule has 5 rings (SSSR count). The third-order valence-corrected chi connectivity index (χ3v) is 4.24. The average molecular weight is 290 g/mol. The minimum absolute atomic E-state index is 0.0634. The third-order valence-electron chi connectivity index (χ3n) is 3.68. The van der Waals surface area contributed by atoms with Crippen molar-refractivity contribution in [3.05, 3.63) is 47.7 Å². The van der Waals surface area contributed by atoms with Gasteiger partial charge in [-0.05, 0) is 12.1 Å². The van der Waals surface area contributed by atoms with E-state index < -0.39 is 0 Å². The van der Waals surface area contributed by atoms with Crippen LogP contribution in [0.4, 0.5) is 0 Å². The van der Waals surface area contributed by atoms with Crippen molar-refractivity contribution in [1.29, 1.82) is 0 Å². The minimum atomic E-state index is -0.0634. The van der Waals surface area contributed by atoms with Crippen molar-refractivity contribution in [3.8, 4) is 11.3 Å². The molecule has 0 spiro atoms. The molecule has 21 heavy (non-hydrogen) atoms. The first-order chi connectivity index (χ1) is 10.3. The highest BCUT2D eigenvalue weighted by Crippen LogP contribution is 2.35. The van der Waals surface area contributed by atoms with Gasteiger partial charge in [0.2, 0.25) is 5.78 Å². The lowest BCUT2D eigenvalue weighted by Crippen LogP contribution is -2.00. The first kappa shape index (κ1) is 11.0. The van der Waals surface area contributed by atoms with Crippen LogP contribution in [-0.2, 0) is 0 Å². The topological polar surface area (TPSA) is 68.6 Å². The second-order valence-corrected chi connectivity index (χ2v) is 5.42. The number of ketones is 1. The fourth-order valence-electron chi connectivity index (χ4n) is 2.70. The van der Waals surface area contributed by atoms with Crippen molar-refractivity contribution in [2.45, 2.75) is 0 Å². The number of carbonyl (C=O) groups excluding carboxylic acids is 1. The Balaban J connectivity index is 1.91. The van der Waals surface area contributed by atoms with Gasteiger partial charge in [0.25, 0.3) is 0 Å². The van der Waals surface area contributed by atoms with Crippen molar-refractivity contribution >= 4 is 39.6 Å². The molecule has 98 valence electrons. The van der Waals surface area contributed by atoms with Crippen LogP contribution in [0.15, 0.2) is 36.4 Å². The molecule has 4 aromatic rings. The van der Waals surface area contributed by atoms with Gasteiger partial charge in [-0.25, -0.2) is 9.97 Å². The van der Waals surface area contributed by atoms with E-state index in [-0.39, 0.29) is 5.78 Å². The van der Waals surface area contributed by atoms with E-state index in [0.717, 1.165) is 33.8 Å². The van der Waals surface area contributed by atoms with Crippen molar-refractivity contribution in [2.24, 2.45) is 0 Å². The maximum absolute atomic E-state index is 12.4. The zero-order chi connectivity index (χ0) is 14.0. The summed E-state index contributed by atoms with van der Waals surface area (Å²) in [5.41, 5.74) is 5.60. The number of hydrogen-bond donors (Lipinski definition) is 0. The van der Waals surface area contributed by atoms with Crippen LogP contribution in [0.25, 0.3) is 33.3 Å². The van der Waals surface area contributed by atoms with E-state index in [2.05, 4.69) is 18.7 Å². The summed E-state index contributed by atoms with van der Waals surface area (Å²) in [7, 11) is 0. The van der Waals surface area contributed by atoms with Gasteiger partial charge in [-0.2, -0.15) is 8.75 Å². The van der Waals surface area contributed by atoms with Crippen LogP contribution in [-0.4, -0.2) is 24.5 Å². The van der Waals surface area contributed by atoms with Gasteiger partial charge in [-0.1, -0.05) is 24.3 Å². The summed E-state index contributed by atoms with van der Waals surface area (Å²) in [4.78, 5) is 21.6. The third kappa shape index (κ3) is 1.37. The zero-order valence-corrected chi connectivity index (χ0v) is 11.4. The van der Waals surface area contributed by atoms with Crippen LogP contribution in [0.3, 0.4) is 0 Å². The van der Waals surface area contributed by atoms with E-state index >= 15 is 0 Å². The van der Waals surface area contributed by atoms with Crippen LogP contribution >= 0.6 is 11.7 Å². The Morgan fingerprint density at radius 3 is 2.10 bits per heavy atom. The molecule has 1 aliphatic carbocycles. The number of carbonyl (C=O) groups is 1.